The molecule has 0 spiro atoms. The molecule has 7 nitrogen and oxygen atoms in total. The van der Waals surface area contributed by atoms with E-state index in [9.17, 15) is 9.18 Å². The van der Waals surface area contributed by atoms with Crippen molar-refractivity contribution >= 4 is 22.7 Å². The second kappa shape index (κ2) is 9.86. The van der Waals surface area contributed by atoms with Crippen LogP contribution in [0, 0.1) is 11.7 Å². The second-order valence-corrected chi connectivity index (χ2v) is 13.0. The van der Waals surface area contributed by atoms with E-state index in [0.717, 1.165) is 44.2 Å². The van der Waals surface area contributed by atoms with E-state index in [1.165, 1.54) is 11.1 Å². The number of benzene rings is 2. The number of fused-ring (bicyclic) bond motifs is 4. The van der Waals surface area contributed by atoms with Gasteiger partial charge in [0.1, 0.15) is 30.2 Å². The number of alkyl halides is 1. The highest BCUT2D eigenvalue weighted by molar-refractivity contribution is 5.94. The van der Waals surface area contributed by atoms with E-state index >= 15 is 4.39 Å². The molecule has 5 heterocycles. The Labute approximate surface area is 244 Å². The number of rotatable bonds is 5. The molecule has 0 amide bonds. The summed E-state index contributed by atoms with van der Waals surface area (Å²) in [4.78, 5) is 25.6. The number of halogens is 2. The molecule has 1 aliphatic carbocycles. The van der Waals surface area contributed by atoms with Gasteiger partial charge in [0, 0.05) is 30.5 Å². The summed E-state index contributed by atoms with van der Waals surface area (Å²) < 4.78 is 42.8. The fraction of sp³-hybridized carbons (Fsp3) is 0.545. The van der Waals surface area contributed by atoms with Gasteiger partial charge in [0.05, 0.1) is 18.0 Å². The number of carbonyl (C=O) groups is 1. The van der Waals surface area contributed by atoms with E-state index in [2.05, 4.69) is 27.8 Å². The Bertz CT molecular complexity index is 1580. The van der Waals surface area contributed by atoms with Gasteiger partial charge in [-0.1, -0.05) is 31.2 Å². The number of aromatic nitrogens is 2. The first kappa shape index (κ1) is 26.3. The van der Waals surface area contributed by atoms with E-state index in [-0.39, 0.29) is 47.5 Å². The predicted molar refractivity (Wildman–Crippen MR) is 155 cm³/mol. The maximum atomic E-state index is 16.7. The molecule has 8 rings (SSSR count). The number of piperidine rings is 1. The van der Waals surface area contributed by atoms with Crippen LogP contribution in [0.4, 0.5) is 14.6 Å². The Morgan fingerprint density at radius 3 is 2.86 bits per heavy atom. The maximum absolute atomic E-state index is 16.7. The van der Waals surface area contributed by atoms with Gasteiger partial charge < -0.3 is 14.4 Å². The summed E-state index contributed by atoms with van der Waals surface area (Å²) in [6.45, 7) is 4.89. The van der Waals surface area contributed by atoms with Gasteiger partial charge in [0.2, 0.25) is 0 Å². The minimum atomic E-state index is -0.868. The zero-order valence-electron chi connectivity index (χ0n) is 24.0. The lowest BCUT2D eigenvalue weighted by Gasteiger charge is -2.44. The zero-order chi connectivity index (χ0) is 28.6. The summed E-state index contributed by atoms with van der Waals surface area (Å²) in [5.41, 5.74) is 3.83. The number of esters is 1. The van der Waals surface area contributed by atoms with E-state index in [4.69, 9.17) is 14.5 Å². The van der Waals surface area contributed by atoms with Crippen LogP contribution < -0.4 is 9.64 Å². The van der Waals surface area contributed by atoms with Crippen molar-refractivity contribution in [2.45, 2.75) is 75.6 Å². The SMILES string of the molecule is CC1CCCc2cccc(-c3ccc4c(N5CC[C@H]6C(=O)O[C@H]6C5)nc(OC[C@@]56CCCN5C[C@H](F)C6)nc4c3F)c21. The first-order chi connectivity index (χ1) is 20.4. The Kier molecular flexibility index (Phi) is 6.18. The van der Waals surface area contributed by atoms with Crippen molar-refractivity contribution < 1.29 is 23.0 Å². The van der Waals surface area contributed by atoms with E-state index in [0.29, 0.717) is 55.2 Å². The molecule has 2 aromatic carbocycles. The molecule has 0 radical (unpaired) electrons. The molecule has 0 bridgehead atoms. The van der Waals surface area contributed by atoms with E-state index < -0.39 is 6.17 Å². The summed E-state index contributed by atoms with van der Waals surface area (Å²) in [5, 5.41) is 0.607. The maximum Gasteiger partial charge on any atom is 0.319 e. The quantitative estimate of drug-likeness (QED) is 0.369. The summed E-state index contributed by atoms with van der Waals surface area (Å²) in [5.74, 6) is 0.327. The lowest BCUT2D eigenvalue weighted by molar-refractivity contribution is -0.185. The topological polar surface area (TPSA) is 67.8 Å². The molecule has 220 valence electrons. The molecule has 4 saturated heterocycles. The summed E-state index contributed by atoms with van der Waals surface area (Å²) in [6.07, 6.45) is 5.15. The summed E-state index contributed by atoms with van der Waals surface area (Å²) in [7, 11) is 0. The Morgan fingerprint density at radius 2 is 2.00 bits per heavy atom. The minimum Gasteiger partial charge on any atom is -0.461 e. The highest BCUT2D eigenvalue weighted by Crippen LogP contribution is 2.43. The van der Waals surface area contributed by atoms with Crippen molar-refractivity contribution in [3.63, 3.8) is 0 Å². The second-order valence-electron chi connectivity index (χ2n) is 13.0. The lowest BCUT2D eigenvalue weighted by atomic mass is 9.79. The summed E-state index contributed by atoms with van der Waals surface area (Å²) in [6, 6.07) is 10.1. The average molecular weight is 575 g/mol. The van der Waals surface area contributed by atoms with Crippen LogP contribution in [0.3, 0.4) is 0 Å². The summed E-state index contributed by atoms with van der Waals surface area (Å²) >= 11 is 0. The fourth-order valence-electron chi connectivity index (χ4n) is 8.34. The van der Waals surface area contributed by atoms with Crippen LogP contribution in [-0.2, 0) is 16.0 Å². The van der Waals surface area contributed by atoms with Crippen LogP contribution in [0.2, 0.25) is 0 Å². The van der Waals surface area contributed by atoms with Crippen molar-refractivity contribution in [3.8, 4) is 17.1 Å². The Morgan fingerprint density at radius 1 is 1.10 bits per heavy atom. The highest BCUT2D eigenvalue weighted by atomic mass is 19.1. The number of anilines is 1. The third kappa shape index (κ3) is 4.10. The molecule has 0 N–H and O–H groups in total. The first-order valence-electron chi connectivity index (χ1n) is 15.5. The number of carbonyl (C=O) groups excluding carboxylic acids is 1. The van der Waals surface area contributed by atoms with Crippen LogP contribution in [0.5, 0.6) is 6.01 Å². The van der Waals surface area contributed by atoms with Crippen molar-refractivity contribution in [2.75, 3.05) is 37.7 Å². The molecule has 1 aromatic heterocycles. The molecule has 5 atom stereocenters. The normalized spacial score (nSPS) is 30.5. The highest BCUT2D eigenvalue weighted by Gasteiger charge is 2.50. The molecule has 3 aromatic rings. The van der Waals surface area contributed by atoms with Crippen molar-refractivity contribution in [1.29, 1.82) is 0 Å². The third-order valence-electron chi connectivity index (χ3n) is 10.5. The van der Waals surface area contributed by atoms with E-state index in [1.807, 2.05) is 24.3 Å². The number of hydrogen-bond donors (Lipinski definition) is 0. The number of ether oxygens (including phenoxy) is 2. The van der Waals surface area contributed by atoms with E-state index in [1.54, 1.807) is 0 Å². The predicted octanol–water partition coefficient (Wildman–Crippen LogP) is 5.58. The van der Waals surface area contributed by atoms with Gasteiger partial charge in [0.25, 0.3) is 0 Å². The minimum absolute atomic E-state index is 0.0804. The van der Waals surface area contributed by atoms with Crippen LogP contribution in [-0.4, -0.2) is 71.4 Å². The van der Waals surface area contributed by atoms with Crippen molar-refractivity contribution in [1.82, 2.24) is 14.9 Å². The van der Waals surface area contributed by atoms with Crippen LogP contribution >= 0.6 is 0 Å². The van der Waals surface area contributed by atoms with Gasteiger partial charge in [-0.2, -0.15) is 9.97 Å². The average Bonchev–Trinajstić information content (AvgIpc) is 3.51. The standard InChI is InChI=1S/C33H36F2N4O3/c1-19-5-2-6-20-7-3-8-22(27(19)20)23-9-10-25-29(28(23)35)36-32(41-18-33-12-4-13-39(33)16-21(34)15-33)37-30(25)38-14-11-24-26(17-38)42-31(24)40/h3,7-10,19,21,24,26H,2,4-6,11-18H2,1H3/t19?,21-,24-,26+,33+/m1/s1. The zero-order valence-corrected chi connectivity index (χ0v) is 24.0. The van der Waals surface area contributed by atoms with Gasteiger partial charge in [-0.3, -0.25) is 9.69 Å². The molecule has 5 aliphatic rings. The largest absolute Gasteiger partial charge is 0.461 e. The number of nitrogens with zero attached hydrogens (tertiary/aromatic N) is 4. The molecule has 0 saturated carbocycles. The van der Waals surface area contributed by atoms with Crippen LogP contribution in [0.1, 0.15) is 62.5 Å². The van der Waals surface area contributed by atoms with Crippen LogP contribution in [0.25, 0.3) is 22.0 Å². The van der Waals surface area contributed by atoms with Crippen molar-refractivity contribution in [3.05, 3.63) is 47.3 Å². The first-order valence-corrected chi connectivity index (χ1v) is 15.5. The van der Waals surface area contributed by atoms with Gasteiger partial charge >= 0.3 is 12.0 Å². The molecule has 4 fully saturated rings. The van der Waals surface area contributed by atoms with Gasteiger partial charge in [0.15, 0.2) is 5.82 Å². The molecule has 4 aliphatic heterocycles. The third-order valence-corrected chi connectivity index (χ3v) is 10.5. The molecular weight excluding hydrogens is 538 g/mol. The number of hydrogen-bond acceptors (Lipinski definition) is 7. The lowest BCUT2D eigenvalue weighted by Crippen LogP contribution is -2.56. The van der Waals surface area contributed by atoms with Gasteiger partial charge in [-0.15, -0.1) is 0 Å². The smallest absolute Gasteiger partial charge is 0.319 e. The fourth-order valence-corrected chi connectivity index (χ4v) is 8.34. The van der Waals surface area contributed by atoms with Crippen molar-refractivity contribution in [2.24, 2.45) is 5.92 Å². The van der Waals surface area contributed by atoms with Crippen LogP contribution in [0.15, 0.2) is 30.3 Å². The molecule has 42 heavy (non-hydrogen) atoms. The molecule has 1 unspecified atom stereocenters. The number of aryl methyl sites for hydroxylation is 1. The monoisotopic (exact) mass is 574 g/mol. The van der Waals surface area contributed by atoms with Gasteiger partial charge in [-0.25, -0.2) is 8.78 Å². The Hall–Kier alpha value is -3.33. The molecular formula is C33H36F2N4O3. The van der Waals surface area contributed by atoms with Gasteiger partial charge in [-0.05, 0) is 73.7 Å². The Balaban J connectivity index is 1.21. The molecule has 9 heteroatoms.